The largest absolute Gasteiger partial charge is 0.459 e. The van der Waals surface area contributed by atoms with E-state index in [4.69, 9.17) is 19.9 Å². The highest BCUT2D eigenvalue weighted by Crippen LogP contribution is 2.33. The predicted molar refractivity (Wildman–Crippen MR) is 101 cm³/mol. The van der Waals surface area contributed by atoms with Gasteiger partial charge >= 0.3 is 11.9 Å². The van der Waals surface area contributed by atoms with Gasteiger partial charge in [-0.3, -0.25) is 9.36 Å². The molecular weight excluding hydrogens is 378 g/mol. The standard InChI is InChI=1S/C19H19N5O5/c1-11(25)28-13-7-15(24-10-23-16-17(20)21-9-22-18(16)24)29-14(13)8-27-19(26)12-5-3-2-4-6-12/h2-6,9-10,13-15H,7-8H2,1H3,(H2,20,21,22)/t13-,14+,15-/m0/s1. The fourth-order valence-corrected chi connectivity index (χ4v) is 3.25. The van der Waals surface area contributed by atoms with Gasteiger partial charge in [0.1, 0.15) is 36.9 Å². The van der Waals surface area contributed by atoms with Crippen LogP contribution in [0, 0.1) is 0 Å². The third kappa shape index (κ3) is 3.87. The lowest BCUT2D eigenvalue weighted by Gasteiger charge is -2.18. The number of benzene rings is 1. The molecule has 0 amide bonds. The van der Waals surface area contributed by atoms with E-state index >= 15 is 0 Å². The molecule has 0 saturated carbocycles. The highest BCUT2D eigenvalue weighted by atomic mass is 16.6. The van der Waals surface area contributed by atoms with E-state index < -0.39 is 30.4 Å². The Kier molecular flexibility index (Phi) is 5.09. The third-order valence-corrected chi connectivity index (χ3v) is 4.58. The second-order valence-electron chi connectivity index (χ2n) is 6.56. The number of esters is 2. The Morgan fingerprint density at radius 3 is 2.79 bits per heavy atom. The molecule has 29 heavy (non-hydrogen) atoms. The van der Waals surface area contributed by atoms with Gasteiger partial charge in [-0.15, -0.1) is 0 Å². The molecule has 1 fully saturated rings. The molecule has 1 aliphatic rings. The molecule has 0 bridgehead atoms. The summed E-state index contributed by atoms with van der Waals surface area (Å²) in [7, 11) is 0. The van der Waals surface area contributed by atoms with Gasteiger partial charge in [-0.2, -0.15) is 0 Å². The van der Waals surface area contributed by atoms with E-state index in [-0.39, 0.29) is 12.4 Å². The lowest BCUT2D eigenvalue weighted by atomic mass is 10.2. The molecule has 4 rings (SSSR count). The summed E-state index contributed by atoms with van der Waals surface area (Å²) < 4.78 is 18.5. The number of ether oxygens (including phenoxy) is 3. The zero-order chi connectivity index (χ0) is 20.4. The highest BCUT2D eigenvalue weighted by molar-refractivity contribution is 5.89. The molecule has 2 aromatic heterocycles. The fraction of sp³-hybridized carbons (Fsp3) is 0.316. The molecule has 1 aromatic carbocycles. The Morgan fingerprint density at radius 1 is 1.24 bits per heavy atom. The van der Waals surface area contributed by atoms with Gasteiger partial charge in [-0.05, 0) is 12.1 Å². The summed E-state index contributed by atoms with van der Waals surface area (Å²) in [4.78, 5) is 36.1. The molecule has 3 aromatic rings. The molecule has 0 aliphatic carbocycles. The maximum Gasteiger partial charge on any atom is 0.338 e. The summed E-state index contributed by atoms with van der Waals surface area (Å²) in [5, 5.41) is 0. The number of carbonyl (C=O) groups excluding carboxylic acids is 2. The number of nitrogen functional groups attached to an aromatic ring is 1. The highest BCUT2D eigenvalue weighted by Gasteiger charge is 2.40. The summed E-state index contributed by atoms with van der Waals surface area (Å²) in [6.45, 7) is 1.26. The van der Waals surface area contributed by atoms with Crippen molar-refractivity contribution in [3.63, 3.8) is 0 Å². The van der Waals surface area contributed by atoms with Crippen LogP contribution < -0.4 is 5.73 Å². The van der Waals surface area contributed by atoms with Crippen LogP contribution in [0.3, 0.4) is 0 Å². The van der Waals surface area contributed by atoms with Crippen molar-refractivity contribution in [2.24, 2.45) is 0 Å². The van der Waals surface area contributed by atoms with Crippen LogP contribution in [-0.4, -0.2) is 50.3 Å². The Balaban J connectivity index is 1.51. The molecule has 0 radical (unpaired) electrons. The minimum absolute atomic E-state index is 0.0636. The lowest BCUT2D eigenvalue weighted by Crippen LogP contribution is -2.31. The van der Waals surface area contributed by atoms with Gasteiger partial charge in [0.05, 0.1) is 11.9 Å². The van der Waals surface area contributed by atoms with Crippen LogP contribution in [0.15, 0.2) is 43.0 Å². The second kappa shape index (κ2) is 7.84. The number of nitrogens with two attached hydrogens (primary N) is 1. The third-order valence-electron chi connectivity index (χ3n) is 4.58. The van der Waals surface area contributed by atoms with Crippen molar-refractivity contribution < 1.29 is 23.8 Å². The Morgan fingerprint density at radius 2 is 2.03 bits per heavy atom. The first-order chi connectivity index (χ1) is 14.0. The summed E-state index contributed by atoms with van der Waals surface area (Å²) in [6.07, 6.45) is 1.50. The molecule has 10 nitrogen and oxygen atoms in total. The average molecular weight is 397 g/mol. The SMILES string of the molecule is CC(=O)O[C@H]1C[C@@H](n2cnc3c(N)ncnc32)O[C@@H]1COC(=O)c1ccccc1. The van der Waals surface area contributed by atoms with E-state index in [0.29, 0.717) is 23.1 Å². The van der Waals surface area contributed by atoms with E-state index in [1.165, 1.54) is 13.3 Å². The second-order valence-corrected chi connectivity index (χ2v) is 6.56. The Bertz CT molecular complexity index is 1040. The summed E-state index contributed by atoms with van der Waals surface area (Å²) in [5.74, 6) is -0.662. The van der Waals surface area contributed by atoms with Gasteiger partial charge in [0.2, 0.25) is 0 Å². The van der Waals surface area contributed by atoms with Gasteiger partial charge in [0.25, 0.3) is 0 Å². The maximum atomic E-state index is 12.2. The number of aromatic nitrogens is 4. The minimum Gasteiger partial charge on any atom is -0.459 e. The van der Waals surface area contributed by atoms with Gasteiger partial charge in [0, 0.05) is 13.3 Å². The number of hydrogen-bond donors (Lipinski definition) is 1. The number of hydrogen-bond acceptors (Lipinski definition) is 9. The quantitative estimate of drug-likeness (QED) is 0.636. The first-order valence-corrected chi connectivity index (χ1v) is 9.01. The van der Waals surface area contributed by atoms with Crippen molar-refractivity contribution in [2.45, 2.75) is 31.8 Å². The molecule has 1 aliphatic heterocycles. The summed E-state index contributed by atoms with van der Waals surface area (Å²) in [6, 6.07) is 8.62. The van der Waals surface area contributed by atoms with Gasteiger partial charge in [0.15, 0.2) is 11.5 Å². The molecule has 3 heterocycles. The number of carbonyl (C=O) groups is 2. The molecule has 2 N–H and O–H groups in total. The topological polar surface area (TPSA) is 131 Å². The molecule has 0 spiro atoms. The van der Waals surface area contributed by atoms with E-state index in [1.54, 1.807) is 35.2 Å². The van der Waals surface area contributed by atoms with Gasteiger partial charge in [-0.25, -0.2) is 19.7 Å². The first-order valence-electron chi connectivity index (χ1n) is 9.01. The van der Waals surface area contributed by atoms with Crippen LogP contribution in [0.5, 0.6) is 0 Å². The molecule has 10 heteroatoms. The van der Waals surface area contributed by atoms with Crippen LogP contribution in [0.2, 0.25) is 0 Å². The number of fused-ring (bicyclic) bond motifs is 1. The van der Waals surface area contributed by atoms with Crippen molar-refractivity contribution >= 4 is 28.9 Å². The average Bonchev–Trinajstić information content (AvgIpc) is 3.31. The zero-order valence-electron chi connectivity index (χ0n) is 15.6. The maximum absolute atomic E-state index is 12.2. The lowest BCUT2D eigenvalue weighted by molar-refractivity contribution is -0.150. The number of rotatable bonds is 5. The smallest absolute Gasteiger partial charge is 0.338 e. The first kappa shape index (κ1) is 18.8. The van der Waals surface area contributed by atoms with Crippen LogP contribution in [-0.2, 0) is 19.0 Å². The zero-order valence-corrected chi connectivity index (χ0v) is 15.6. The van der Waals surface area contributed by atoms with E-state index in [1.807, 2.05) is 6.07 Å². The van der Waals surface area contributed by atoms with Crippen LogP contribution in [0.25, 0.3) is 11.2 Å². The number of nitrogens with zero attached hydrogens (tertiary/aromatic N) is 4. The van der Waals surface area contributed by atoms with Crippen molar-refractivity contribution in [3.05, 3.63) is 48.5 Å². The molecule has 0 unspecified atom stereocenters. The molecular formula is C19H19N5O5. The minimum atomic E-state index is -0.631. The van der Waals surface area contributed by atoms with E-state index in [9.17, 15) is 9.59 Å². The van der Waals surface area contributed by atoms with Crippen molar-refractivity contribution in [2.75, 3.05) is 12.3 Å². The Hall–Kier alpha value is -3.53. The molecule has 150 valence electrons. The summed E-state index contributed by atoms with van der Waals surface area (Å²) >= 11 is 0. The molecule has 3 atom stereocenters. The van der Waals surface area contributed by atoms with Crippen LogP contribution >= 0.6 is 0 Å². The van der Waals surface area contributed by atoms with Gasteiger partial charge in [-0.1, -0.05) is 18.2 Å². The number of imidazole rings is 1. The van der Waals surface area contributed by atoms with Gasteiger partial charge < -0.3 is 19.9 Å². The van der Waals surface area contributed by atoms with Crippen molar-refractivity contribution in [3.8, 4) is 0 Å². The van der Waals surface area contributed by atoms with Crippen molar-refractivity contribution in [1.82, 2.24) is 19.5 Å². The normalized spacial score (nSPS) is 21.2. The number of anilines is 1. The Labute approximate surface area is 165 Å². The van der Waals surface area contributed by atoms with Crippen molar-refractivity contribution in [1.29, 1.82) is 0 Å². The summed E-state index contributed by atoms with van der Waals surface area (Å²) in [5.41, 5.74) is 7.22. The monoisotopic (exact) mass is 397 g/mol. The van der Waals surface area contributed by atoms with E-state index in [2.05, 4.69) is 15.0 Å². The van der Waals surface area contributed by atoms with Crippen LogP contribution in [0.4, 0.5) is 5.82 Å². The predicted octanol–water partition coefficient (Wildman–Crippen LogP) is 1.48. The van der Waals surface area contributed by atoms with Crippen LogP contribution in [0.1, 0.15) is 29.9 Å². The fourth-order valence-electron chi connectivity index (χ4n) is 3.25. The van der Waals surface area contributed by atoms with E-state index in [0.717, 1.165) is 0 Å². The molecule has 1 saturated heterocycles.